The van der Waals surface area contributed by atoms with E-state index in [2.05, 4.69) is 29.8 Å². The van der Waals surface area contributed by atoms with Crippen molar-refractivity contribution in [2.45, 2.75) is 65.2 Å². The van der Waals surface area contributed by atoms with Crippen molar-refractivity contribution in [3.05, 3.63) is 0 Å². The summed E-state index contributed by atoms with van der Waals surface area (Å²) in [6.45, 7) is 4.91. The Bertz CT molecular complexity index is 256. The van der Waals surface area contributed by atoms with Crippen LogP contribution in [0.3, 0.4) is 0 Å². The summed E-state index contributed by atoms with van der Waals surface area (Å²) in [5.41, 5.74) is 0. The number of unbranched alkanes of at least 4 members (excludes halogenated alkanes) is 3. The normalized spacial score (nSPS) is 14.7. The van der Waals surface area contributed by atoms with Gasteiger partial charge in [-0.25, -0.2) is 4.57 Å². The molecule has 0 amide bonds. The van der Waals surface area contributed by atoms with Crippen LogP contribution in [-0.2, 0) is 13.6 Å². The van der Waals surface area contributed by atoms with Crippen molar-refractivity contribution in [1.82, 2.24) is 0 Å². The van der Waals surface area contributed by atoms with Crippen LogP contribution in [0.2, 0.25) is 0 Å². The summed E-state index contributed by atoms with van der Waals surface area (Å²) < 4.78 is 21.8. The van der Waals surface area contributed by atoms with Crippen molar-refractivity contribution >= 4 is 23.8 Å². The smallest absolute Gasteiger partial charge is 0.302 e. The van der Waals surface area contributed by atoms with Crippen molar-refractivity contribution in [3.8, 4) is 0 Å². The van der Waals surface area contributed by atoms with E-state index in [1.54, 1.807) is 0 Å². The predicted octanol–water partition coefficient (Wildman–Crippen LogP) is 5.29. The summed E-state index contributed by atoms with van der Waals surface area (Å²) >= 11 is 3.31. The zero-order chi connectivity index (χ0) is 15.3. The maximum Gasteiger partial charge on any atom is 0.472 e. The van der Waals surface area contributed by atoms with E-state index < -0.39 is 7.82 Å². The second-order valence-electron chi connectivity index (χ2n) is 5.14. The molecule has 0 saturated carbocycles. The molecule has 6 heteroatoms. The minimum atomic E-state index is -3.87. The highest BCUT2D eigenvalue weighted by atomic mass is 79.9. The SMILES string of the molecule is CCCCC(CCCC)COP(=O)(O)OCCCCBr. The standard InChI is InChI=1S/C14H30BrO4P/c1-3-5-9-14(10-6-4-2)13-19-20(16,17)18-12-8-7-11-15/h14H,3-13H2,1-2H3,(H,16,17). The predicted molar refractivity (Wildman–Crippen MR) is 87.3 cm³/mol. The molecule has 0 aromatic carbocycles. The van der Waals surface area contributed by atoms with Crippen LogP contribution in [-0.4, -0.2) is 23.4 Å². The number of hydrogen-bond donors (Lipinski definition) is 1. The summed E-state index contributed by atoms with van der Waals surface area (Å²) in [6.07, 6.45) is 8.36. The van der Waals surface area contributed by atoms with E-state index in [0.717, 1.165) is 56.7 Å². The van der Waals surface area contributed by atoms with Crippen LogP contribution in [0.4, 0.5) is 0 Å². The maximum absolute atomic E-state index is 11.7. The molecule has 0 rings (SSSR count). The van der Waals surface area contributed by atoms with Crippen LogP contribution in [0, 0.1) is 5.92 Å². The molecule has 0 spiro atoms. The Kier molecular flexibility index (Phi) is 13.7. The molecule has 1 N–H and O–H groups in total. The third kappa shape index (κ3) is 12.3. The lowest BCUT2D eigenvalue weighted by molar-refractivity contribution is 0.124. The molecule has 0 aliphatic carbocycles. The first-order chi connectivity index (χ1) is 9.55. The fraction of sp³-hybridized carbons (Fsp3) is 1.00. The zero-order valence-electron chi connectivity index (χ0n) is 12.9. The van der Waals surface area contributed by atoms with E-state index in [1.165, 1.54) is 0 Å². The van der Waals surface area contributed by atoms with Gasteiger partial charge in [0, 0.05) is 5.33 Å². The number of hydrogen-bond acceptors (Lipinski definition) is 3. The van der Waals surface area contributed by atoms with Gasteiger partial charge in [0.1, 0.15) is 0 Å². The van der Waals surface area contributed by atoms with Crippen LogP contribution < -0.4 is 0 Å². The first-order valence-electron chi connectivity index (χ1n) is 7.73. The maximum atomic E-state index is 11.7. The lowest BCUT2D eigenvalue weighted by atomic mass is 9.97. The Balaban J connectivity index is 3.98. The number of phosphoric ester groups is 1. The van der Waals surface area contributed by atoms with Crippen molar-refractivity contribution in [1.29, 1.82) is 0 Å². The van der Waals surface area contributed by atoms with Gasteiger partial charge in [-0.2, -0.15) is 0 Å². The summed E-state index contributed by atoms with van der Waals surface area (Å²) in [4.78, 5) is 9.61. The van der Waals surface area contributed by atoms with E-state index in [0.29, 0.717) is 12.5 Å². The minimum absolute atomic E-state index is 0.272. The van der Waals surface area contributed by atoms with Gasteiger partial charge in [-0.3, -0.25) is 9.05 Å². The molecule has 0 fully saturated rings. The van der Waals surface area contributed by atoms with Gasteiger partial charge >= 0.3 is 7.82 Å². The molecule has 0 bridgehead atoms. The molecular formula is C14H30BrO4P. The first-order valence-corrected chi connectivity index (χ1v) is 10.3. The molecule has 20 heavy (non-hydrogen) atoms. The summed E-state index contributed by atoms with van der Waals surface area (Å²) in [5, 5.41) is 0.878. The number of phosphoric acid groups is 1. The molecule has 0 heterocycles. The highest BCUT2D eigenvalue weighted by Crippen LogP contribution is 2.44. The van der Waals surface area contributed by atoms with E-state index in [4.69, 9.17) is 9.05 Å². The van der Waals surface area contributed by atoms with Crippen LogP contribution >= 0.6 is 23.8 Å². The minimum Gasteiger partial charge on any atom is -0.302 e. The fourth-order valence-corrected chi connectivity index (χ4v) is 3.14. The van der Waals surface area contributed by atoms with E-state index in [1.807, 2.05) is 0 Å². The van der Waals surface area contributed by atoms with Gasteiger partial charge in [-0.05, 0) is 31.6 Å². The Hall–Kier alpha value is 0.590. The second-order valence-corrected chi connectivity index (χ2v) is 7.39. The summed E-state index contributed by atoms with van der Waals surface area (Å²) in [6, 6.07) is 0. The Morgan fingerprint density at radius 1 is 1.05 bits per heavy atom. The third-order valence-electron chi connectivity index (χ3n) is 3.19. The van der Waals surface area contributed by atoms with Crippen LogP contribution in [0.25, 0.3) is 0 Å². The van der Waals surface area contributed by atoms with Gasteiger partial charge in [-0.1, -0.05) is 55.5 Å². The third-order valence-corrected chi connectivity index (χ3v) is 4.73. The van der Waals surface area contributed by atoms with Gasteiger partial charge in [0.15, 0.2) is 0 Å². The van der Waals surface area contributed by atoms with Gasteiger partial charge in [0.05, 0.1) is 13.2 Å². The van der Waals surface area contributed by atoms with Crippen molar-refractivity contribution in [2.75, 3.05) is 18.5 Å². The number of rotatable bonds is 14. The largest absolute Gasteiger partial charge is 0.472 e. The highest BCUT2D eigenvalue weighted by molar-refractivity contribution is 9.09. The monoisotopic (exact) mass is 372 g/mol. The molecule has 0 aromatic heterocycles. The van der Waals surface area contributed by atoms with E-state index >= 15 is 0 Å². The Labute approximate surface area is 132 Å². The molecule has 122 valence electrons. The van der Waals surface area contributed by atoms with Gasteiger partial charge in [0.25, 0.3) is 0 Å². The summed E-state index contributed by atoms with van der Waals surface area (Å²) in [7, 11) is -3.87. The molecule has 0 radical (unpaired) electrons. The Morgan fingerprint density at radius 2 is 1.65 bits per heavy atom. The second kappa shape index (κ2) is 13.3. The topological polar surface area (TPSA) is 55.8 Å². The van der Waals surface area contributed by atoms with Crippen molar-refractivity contribution < 1.29 is 18.5 Å². The highest BCUT2D eigenvalue weighted by Gasteiger charge is 2.22. The lowest BCUT2D eigenvalue weighted by Crippen LogP contribution is -2.10. The number of alkyl halides is 1. The van der Waals surface area contributed by atoms with Gasteiger partial charge in [0.2, 0.25) is 0 Å². The van der Waals surface area contributed by atoms with Crippen molar-refractivity contribution in [2.24, 2.45) is 5.92 Å². The van der Waals surface area contributed by atoms with Crippen LogP contribution in [0.15, 0.2) is 0 Å². The molecule has 4 nitrogen and oxygen atoms in total. The molecule has 0 aromatic rings. The van der Waals surface area contributed by atoms with Crippen molar-refractivity contribution in [3.63, 3.8) is 0 Å². The molecule has 1 atom stereocenters. The molecule has 0 saturated heterocycles. The van der Waals surface area contributed by atoms with E-state index in [9.17, 15) is 9.46 Å². The molecule has 0 aliphatic heterocycles. The molecule has 1 unspecified atom stereocenters. The zero-order valence-corrected chi connectivity index (χ0v) is 15.3. The molecular weight excluding hydrogens is 343 g/mol. The average Bonchev–Trinajstić information content (AvgIpc) is 2.43. The lowest BCUT2D eigenvalue weighted by Gasteiger charge is -2.18. The Morgan fingerprint density at radius 3 is 2.15 bits per heavy atom. The van der Waals surface area contributed by atoms with E-state index in [-0.39, 0.29) is 6.61 Å². The van der Waals surface area contributed by atoms with Gasteiger partial charge < -0.3 is 4.89 Å². The summed E-state index contributed by atoms with van der Waals surface area (Å²) in [5.74, 6) is 0.363. The quantitative estimate of drug-likeness (QED) is 0.255. The average molecular weight is 373 g/mol. The first kappa shape index (κ1) is 20.6. The fourth-order valence-electron chi connectivity index (χ4n) is 1.91. The number of halogens is 1. The van der Waals surface area contributed by atoms with Crippen LogP contribution in [0.1, 0.15) is 65.2 Å². The van der Waals surface area contributed by atoms with Gasteiger partial charge in [-0.15, -0.1) is 0 Å². The van der Waals surface area contributed by atoms with Crippen LogP contribution in [0.5, 0.6) is 0 Å². The molecule has 0 aliphatic rings.